The van der Waals surface area contributed by atoms with Crippen molar-refractivity contribution in [2.24, 2.45) is 0 Å². The number of hydrogen-bond acceptors (Lipinski definition) is 4. The van der Waals surface area contributed by atoms with Gasteiger partial charge in [0.05, 0.1) is 10.2 Å². The van der Waals surface area contributed by atoms with Gasteiger partial charge in [-0.15, -0.1) is 11.3 Å². The molecule has 0 radical (unpaired) electrons. The van der Waals surface area contributed by atoms with E-state index in [-0.39, 0.29) is 11.2 Å². The average Bonchev–Trinajstić information content (AvgIpc) is 3.29. The summed E-state index contributed by atoms with van der Waals surface area (Å²) >= 11 is 9.22. The van der Waals surface area contributed by atoms with Gasteiger partial charge < -0.3 is 4.90 Å². The maximum absolute atomic E-state index is 13.1. The van der Waals surface area contributed by atoms with E-state index in [2.05, 4.69) is 4.98 Å². The molecule has 0 N–H and O–H groups in total. The van der Waals surface area contributed by atoms with Gasteiger partial charge in [-0.1, -0.05) is 53.7 Å². The number of amides is 1. The zero-order chi connectivity index (χ0) is 17.2. The van der Waals surface area contributed by atoms with Gasteiger partial charge in [0.25, 0.3) is 0 Å². The first-order valence-corrected chi connectivity index (χ1v) is 10.3. The Hall–Kier alpha value is -1.56. The van der Waals surface area contributed by atoms with Crippen LogP contribution in [-0.2, 0) is 4.79 Å². The van der Waals surface area contributed by atoms with E-state index >= 15 is 0 Å². The van der Waals surface area contributed by atoms with E-state index in [0.717, 1.165) is 46.1 Å². The topological polar surface area (TPSA) is 33.2 Å². The van der Waals surface area contributed by atoms with Crippen molar-refractivity contribution in [2.75, 3.05) is 13.1 Å². The van der Waals surface area contributed by atoms with Crippen LogP contribution in [0, 0.1) is 0 Å². The van der Waals surface area contributed by atoms with Crippen LogP contribution in [-0.4, -0.2) is 28.9 Å². The molecule has 0 bridgehead atoms. The van der Waals surface area contributed by atoms with Gasteiger partial charge in [0.15, 0.2) is 4.34 Å². The highest BCUT2D eigenvalue weighted by molar-refractivity contribution is 8.02. The summed E-state index contributed by atoms with van der Waals surface area (Å²) in [7, 11) is 0. The van der Waals surface area contributed by atoms with Crippen LogP contribution in [0.2, 0.25) is 5.02 Å². The van der Waals surface area contributed by atoms with E-state index in [0.29, 0.717) is 5.02 Å². The zero-order valence-electron chi connectivity index (χ0n) is 13.5. The maximum atomic E-state index is 13.1. The molecule has 1 aliphatic rings. The Kier molecular flexibility index (Phi) is 4.97. The number of thiazole rings is 1. The minimum atomic E-state index is -0.254. The normalized spacial score (nSPS) is 15.6. The second-order valence-corrected chi connectivity index (χ2v) is 8.85. The third kappa shape index (κ3) is 3.68. The van der Waals surface area contributed by atoms with Gasteiger partial charge in [-0.25, -0.2) is 4.98 Å². The third-order valence-corrected chi connectivity index (χ3v) is 6.90. The molecule has 1 atom stereocenters. The highest BCUT2D eigenvalue weighted by Crippen LogP contribution is 2.41. The summed E-state index contributed by atoms with van der Waals surface area (Å²) < 4.78 is 1.99. The second kappa shape index (κ2) is 7.36. The summed E-state index contributed by atoms with van der Waals surface area (Å²) in [6.45, 7) is 1.72. The monoisotopic (exact) mass is 388 g/mol. The number of fused-ring (bicyclic) bond motifs is 1. The van der Waals surface area contributed by atoms with E-state index < -0.39 is 0 Å². The Morgan fingerprint density at radius 3 is 2.68 bits per heavy atom. The molecule has 0 unspecified atom stereocenters. The van der Waals surface area contributed by atoms with Gasteiger partial charge in [-0.05, 0) is 36.6 Å². The molecule has 3 nitrogen and oxygen atoms in total. The molecule has 25 heavy (non-hydrogen) atoms. The number of nitrogens with zero attached hydrogens (tertiary/aromatic N) is 2. The highest BCUT2D eigenvalue weighted by atomic mass is 35.5. The lowest BCUT2D eigenvalue weighted by Crippen LogP contribution is -2.31. The van der Waals surface area contributed by atoms with Crippen molar-refractivity contribution < 1.29 is 4.79 Å². The molecule has 1 saturated heterocycles. The van der Waals surface area contributed by atoms with E-state index in [1.54, 1.807) is 23.1 Å². The van der Waals surface area contributed by atoms with Crippen LogP contribution in [0.4, 0.5) is 0 Å². The summed E-state index contributed by atoms with van der Waals surface area (Å²) in [4.78, 5) is 19.7. The molecule has 0 saturated carbocycles. The molecule has 3 aromatic rings. The van der Waals surface area contributed by atoms with Crippen LogP contribution < -0.4 is 0 Å². The van der Waals surface area contributed by atoms with Gasteiger partial charge in [-0.3, -0.25) is 4.79 Å². The third-order valence-electron chi connectivity index (χ3n) is 4.29. The van der Waals surface area contributed by atoms with Crippen molar-refractivity contribution in [1.29, 1.82) is 0 Å². The van der Waals surface area contributed by atoms with Gasteiger partial charge in [0.1, 0.15) is 5.25 Å². The van der Waals surface area contributed by atoms with Crippen LogP contribution in [0.5, 0.6) is 0 Å². The lowest BCUT2D eigenvalue weighted by atomic mass is 10.1. The molecular weight excluding hydrogens is 372 g/mol. The van der Waals surface area contributed by atoms with Crippen LogP contribution in [0.25, 0.3) is 10.2 Å². The number of halogens is 1. The van der Waals surface area contributed by atoms with Crippen molar-refractivity contribution in [3.05, 3.63) is 59.1 Å². The Morgan fingerprint density at radius 1 is 1.16 bits per heavy atom. The number of thioether (sulfide) groups is 1. The van der Waals surface area contributed by atoms with E-state index in [1.165, 1.54) is 0 Å². The number of rotatable bonds is 4. The maximum Gasteiger partial charge on any atom is 0.240 e. The fourth-order valence-corrected chi connectivity index (χ4v) is 5.51. The molecule has 2 aromatic carbocycles. The summed E-state index contributed by atoms with van der Waals surface area (Å²) in [5, 5.41) is 0.428. The molecule has 1 aromatic heterocycles. The fourth-order valence-electron chi connectivity index (χ4n) is 3.02. The number of carbonyl (C=O) groups excluding carboxylic acids is 1. The molecule has 0 aliphatic carbocycles. The molecule has 1 fully saturated rings. The lowest BCUT2D eigenvalue weighted by molar-refractivity contribution is -0.129. The molecular formula is C19H17ClN2OS2. The van der Waals surface area contributed by atoms with Crippen molar-refractivity contribution in [3.63, 3.8) is 0 Å². The molecule has 0 spiro atoms. The van der Waals surface area contributed by atoms with E-state index in [1.807, 2.05) is 53.4 Å². The molecule has 4 rings (SSSR count). The van der Waals surface area contributed by atoms with E-state index in [4.69, 9.17) is 11.6 Å². The average molecular weight is 389 g/mol. The number of carbonyl (C=O) groups is 1. The molecule has 128 valence electrons. The van der Waals surface area contributed by atoms with Crippen LogP contribution in [0.3, 0.4) is 0 Å². The SMILES string of the molecule is O=C([C@H](Sc1nc2cc(Cl)ccc2s1)c1ccccc1)N1CCCC1. The Balaban J connectivity index is 1.66. The van der Waals surface area contributed by atoms with Crippen LogP contribution >= 0.6 is 34.7 Å². The summed E-state index contributed by atoms with van der Waals surface area (Å²) in [6.07, 6.45) is 2.19. The Labute approximate surface area is 160 Å². The molecule has 1 amide bonds. The Morgan fingerprint density at radius 2 is 1.92 bits per heavy atom. The zero-order valence-corrected chi connectivity index (χ0v) is 15.9. The van der Waals surface area contributed by atoms with Gasteiger partial charge in [-0.2, -0.15) is 0 Å². The summed E-state index contributed by atoms with van der Waals surface area (Å²) in [6, 6.07) is 15.7. The Bertz CT molecular complexity index is 891. The minimum Gasteiger partial charge on any atom is -0.341 e. The first kappa shape index (κ1) is 16.9. The lowest BCUT2D eigenvalue weighted by Gasteiger charge is -2.22. The van der Waals surface area contributed by atoms with Crippen molar-refractivity contribution >= 4 is 50.8 Å². The van der Waals surface area contributed by atoms with Gasteiger partial charge >= 0.3 is 0 Å². The van der Waals surface area contributed by atoms with Gasteiger partial charge in [0, 0.05) is 18.1 Å². The van der Waals surface area contributed by atoms with E-state index in [9.17, 15) is 4.79 Å². The smallest absolute Gasteiger partial charge is 0.240 e. The van der Waals surface area contributed by atoms with Crippen molar-refractivity contribution in [1.82, 2.24) is 9.88 Å². The van der Waals surface area contributed by atoms with Crippen molar-refractivity contribution in [2.45, 2.75) is 22.4 Å². The summed E-state index contributed by atoms with van der Waals surface area (Å²) in [5.74, 6) is 0.186. The molecule has 2 heterocycles. The minimum absolute atomic E-state index is 0.186. The first-order chi connectivity index (χ1) is 12.2. The number of hydrogen-bond donors (Lipinski definition) is 0. The predicted octanol–water partition coefficient (Wildman–Crippen LogP) is 5.41. The molecule has 1 aliphatic heterocycles. The van der Waals surface area contributed by atoms with Crippen LogP contribution in [0.15, 0.2) is 52.9 Å². The quantitative estimate of drug-likeness (QED) is 0.560. The predicted molar refractivity (Wildman–Crippen MR) is 105 cm³/mol. The number of benzene rings is 2. The largest absolute Gasteiger partial charge is 0.341 e. The van der Waals surface area contributed by atoms with Crippen molar-refractivity contribution in [3.8, 4) is 0 Å². The second-order valence-electron chi connectivity index (χ2n) is 6.03. The molecule has 6 heteroatoms. The summed E-state index contributed by atoms with van der Waals surface area (Å²) in [5.41, 5.74) is 1.92. The van der Waals surface area contributed by atoms with Gasteiger partial charge in [0.2, 0.25) is 5.91 Å². The standard InChI is InChI=1S/C19H17ClN2OS2/c20-14-8-9-16-15(12-14)21-19(24-16)25-17(13-6-2-1-3-7-13)18(23)22-10-4-5-11-22/h1-3,6-9,12,17H,4-5,10-11H2/t17-/m1/s1. The highest BCUT2D eigenvalue weighted by Gasteiger charge is 2.29. The number of likely N-dealkylation sites (tertiary alicyclic amines) is 1. The fraction of sp³-hybridized carbons (Fsp3) is 0.263. The first-order valence-electron chi connectivity index (χ1n) is 8.27. The number of aromatic nitrogens is 1. The van der Waals surface area contributed by atoms with Crippen LogP contribution in [0.1, 0.15) is 23.7 Å².